The summed E-state index contributed by atoms with van der Waals surface area (Å²) in [4.78, 5) is 19.2. The van der Waals surface area contributed by atoms with Gasteiger partial charge in [0.25, 0.3) is 0 Å². The van der Waals surface area contributed by atoms with Crippen molar-refractivity contribution in [2.75, 3.05) is 40.3 Å². The van der Waals surface area contributed by atoms with Crippen molar-refractivity contribution in [1.82, 2.24) is 24.5 Å². The van der Waals surface area contributed by atoms with E-state index >= 15 is 0 Å². The molecular formula is C24H30F3N5O4S. The average Bonchev–Trinajstić information content (AvgIpc) is 3.52. The standard InChI is InChI=1S/C22H29N5O2S.C2HF3O2/c1-26(2)14-11-23-16-18-15-21-20(9-10-24-22(21)25-18)17-5-7-19(8-6-17)30(28,29)27-12-3-4-13-27;3-2(4,5)1(6)7/h5-10,15,23H,3-4,11-14,16H2,1-2H3,(H,24,25);(H,6,7). The molecule has 3 heterocycles. The third-order valence-electron chi connectivity index (χ3n) is 5.75. The normalized spacial score (nSPS) is 14.6. The molecule has 9 nitrogen and oxygen atoms in total. The molecule has 0 bridgehead atoms. The molecule has 0 spiro atoms. The SMILES string of the molecule is CN(C)CCNCc1cc2c(-c3ccc(S(=O)(=O)N4CCCC4)cc3)ccnc2[nH]1.O=C(O)C(F)(F)F. The van der Waals surface area contributed by atoms with Crippen molar-refractivity contribution in [3.63, 3.8) is 0 Å². The number of aromatic nitrogens is 2. The number of rotatable bonds is 8. The summed E-state index contributed by atoms with van der Waals surface area (Å²) in [7, 11) is 0.724. The number of nitrogens with one attached hydrogen (secondary N) is 2. The molecule has 1 aliphatic heterocycles. The summed E-state index contributed by atoms with van der Waals surface area (Å²) in [6.07, 6.45) is -1.43. The zero-order valence-electron chi connectivity index (χ0n) is 20.5. The van der Waals surface area contributed by atoms with E-state index in [0.717, 1.165) is 60.3 Å². The van der Waals surface area contributed by atoms with E-state index in [1.54, 1.807) is 22.6 Å². The maximum Gasteiger partial charge on any atom is 0.490 e. The Kier molecular flexibility index (Phi) is 9.29. The number of benzene rings is 1. The van der Waals surface area contributed by atoms with Gasteiger partial charge in [-0.15, -0.1) is 0 Å². The number of likely N-dealkylation sites (N-methyl/N-ethyl adjacent to an activating group) is 1. The fourth-order valence-corrected chi connectivity index (χ4v) is 5.36. The summed E-state index contributed by atoms with van der Waals surface area (Å²) in [5.41, 5.74) is 3.94. The highest BCUT2D eigenvalue weighted by atomic mass is 32.2. The minimum Gasteiger partial charge on any atom is -0.475 e. The molecule has 37 heavy (non-hydrogen) atoms. The summed E-state index contributed by atoms with van der Waals surface area (Å²) in [5.74, 6) is -2.76. The second kappa shape index (κ2) is 12.0. The van der Waals surface area contributed by atoms with Crippen LogP contribution in [0.4, 0.5) is 13.2 Å². The molecule has 1 aromatic carbocycles. The first-order valence-corrected chi connectivity index (χ1v) is 13.1. The molecule has 3 aromatic rings. The minimum absolute atomic E-state index is 0.360. The number of nitrogens with zero attached hydrogens (tertiary/aromatic N) is 3. The van der Waals surface area contributed by atoms with E-state index in [1.165, 1.54) is 0 Å². The van der Waals surface area contributed by atoms with E-state index in [9.17, 15) is 21.6 Å². The number of aliphatic carboxylic acids is 1. The lowest BCUT2D eigenvalue weighted by Crippen LogP contribution is -2.27. The van der Waals surface area contributed by atoms with E-state index in [2.05, 4.69) is 40.3 Å². The third-order valence-corrected chi connectivity index (χ3v) is 7.66. The molecule has 1 aliphatic rings. The van der Waals surface area contributed by atoms with Crippen LogP contribution in [0.1, 0.15) is 18.5 Å². The number of fused-ring (bicyclic) bond motifs is 1. The lowest BCUT2D eigenvalue weighted by Gasteiger charge is -2.15. The maximum atomic E-state index is 12.8. The van der Waals surface area contributed by atoms with Gasteiger partial charge in [0.05, 0.1) is 4.90 Å². The number of hydrogen-bond donors (Lipinski definition) is 3. The number of pyridine rings is 1. The first kappa shape index (κ1) is 28.6. The van der Waals surface area contributed by atoms with Gasteiger partial charge in [-0.1, -0.05) is 12.1 Å². The third kappa shape index (κ3) is 7.51. The number of carboxylic acid groups (broad SMARTS) is 1. The molecule has 0 aliphatic carbocycles. The first-order valence-electron chi connectivity index (χ1n) is 11.6. The summed E-state index contributed by atoms with van der Waals surface area (Å²) in [5, 5.41) is 11.6. The van der Waals surface area contributed by atoms with E-state index in [1.807, 2.05) is 18.2 Å². The van der Waals surface area contributed by atoms with Gasteiger partial charge in [0.1, 0.15) is 5.65 Å². The van der Waals surface area contributed by atoms with Crippen molar-refractivity contribution in [3.05, 3.63) is 48.3 Å². The number of alkyl halides is 3. The Hall–Kier alpha value is -3.00. The van der Waals surface area contributed by atoms with Crippen LogP contribution < -0.4 is 5.32 Å². The van der Waals surface area contributed by atoms with Gasteiger partial charge in [0.15, 0.2) is 0 Å². The number of carbonyl (C=O) groups is 1. The number of carboxylic acids is 1. The molecule has 13 heteroatoms. The topological polar surface area (TPSA) is 119 Å². The molecular weight excluding hydrogens is 511 g/mol. The van der Waals surface area contributed by atoms with Crippen LogP contribution in [0.5, 0.6) is 0 Å². The number of hydrogen-bond acceptors (Lipinski definition) is 6. The van der Waals surface area contributed by atoms with Gasteiger partial charge in [-0.3, -0.25) is 0 Å². The van der Waals surface area contributed by atoms with Crippen LogP contribution in [0.3, 0.4) is 0 Å². The van der Waals surface area contributed by atoms with Crippen LogP contribution in [-0.4, -0.2) is 85.1 Å². The van der Waals surface area contributed by atoms with E-state index in [0.29, 0.717) is 18.0 Å². The van der Waals surface area contributed by atoms with Crippen LogP contribution in [-0.2, 0) is 21.4 Å². The highest BCUT2D eigenvalue weighted by Crippen LogP contribution is 2.30. The zero-order valence-corrected chi connectivity index (χ0v) is 21.4. The van der Waals surface area contributed by atoms with Crippen molar-refractivity contribution in [1.29, 1.82) is 0 Å². The van der Waals surface area contributed by atoms with Crippen LogP contribution in [0, 0.1) is 0 Å². The fraction of sp³-hybridized carbons (Fsp3) is 0.417. The lowest BCUT2D eigenvalue weighted by atomic mass is 10.0. The molecule has 2 aromatic heterocycles. The van der Waals surface area contributed by atoms with Gasteiger partial charge in [0.2, 0.25) is 10.0 Å². The van der Waals surface area contributed by atoms with Gasteiger partial charge in [0, 0.05) is 50.0 Å². The van der Waals surface area contributed by atoms with E-state index in [-0.39, 0.29) is 0 Å². The highest BCUT2D eigenvalue weighted by Gasteiger charge is 2.38. The molecule has 0 radical (unpaired) electrons. The number of halogens is 3. The summed E-state index contributed by atoms with van der Waals surface area (Å²) < 4.78 is 58.8. The van der Waals surface area contributed by atoms with Crippen molar-refractivity contribution < 1.29 is 31.5 Å². The minimum atomic E-state index is -5.08. The number of aromatic amines is 1. The Labute approximate surface area is 213 Å². The first-order chi connectivity index (χ1) is 17.4. The Morgan fingerprint density at radius 1 is 1.16 bits per heavy atom. The Morgan fingerprint density at radius 3 is 2.35 bits per heavy atom. The highest BCUT2D eigenvalue weighted by molar-refractivity contribution is 7.89. The smallest absolute Gasteiger partial charge is 0.475 e. The van der Waals surface area contributed by atoms with Gasteiger partial charge in [-0.2, -0.15) is 17.5 Å². The van der Waals surface area contributed by atoms with Gasteiger partial charge in [-0.05, 0) is 62.3 Å². The fourth-order valence-electron chi connectivity index (χ4n) is 3.84. The summed E-state index contributed by atoms with van der Waals surface area (Å²) in [6.45, 7) is 3.87. The monoisotopic (exact) mass is 541 g/mol. The van der Waals surface area contributed by atoms with Crippen molar-refractivity contribution in [2.24, 2.45) is 0 Å². The number of sulfonamides is 1. The second-order valence-electron chi connectivity index (χ2n) is 8.83. The van der Waals surface area contributed by atoms with Crippen LogP contribution in [0.15, 0.2) is 47.5 Å². The predicted octanol–water partition coefficient (Wildman–Crippen LogP) is 3.30. The zero-order chi connectivity index (χ0) is 27.2. The van der Waals surface area contributed by atoms with Gasteiger partial charge < -0.3 is 20.3 Å². The molecule has 3 N–H and O–H groups in total. The molecule has 202 valence electrons. The maximum absolute atomic E-state index is 12.8. The van der Waals surface area contributed by atoms with Gasteiger partial charge >= 0.3 is 12.1 Å². The molecule has 0 amide bonds. The predicted molar refractivity (Wildman–Crippen MR) is 133 cm³/mol. The largest absolute Gasteiger partial charge is 0.490 e. The van der Waals surface area contributed by atoms with Gasteiger partial charge in [-0.25, -0.2) is 18.2 Å². The molecule has 1 saturated heterocycles. The van der Waals surface area contributed by atoms with E-state index in [4.69, 9.17) is 9.90 Å². The Morgan fingerprint density at radius 2 is 1.78 bits per heavy atom. The van der Waals surface area contributed by atoms with E-state index < -0.39 is 22.2 Å². The molecule has 0 unspecified atom stereocenters. The lowest BCUT2D eigenvalue weighted by molar-refractivity contribution is -0.192. The average molecular weight is 542 g/mol. The Bertz CT molecular complexity index is 1300. The van der Waals surface area contributed by atoms with Crippen molar-refractivity contribution in [2.45, 2.75) is 30.5 Å². The van der Waals surface area contributed by atoms with Crippen LogP contribution >= 0.6 is 0 Å². The molecule has 1 fully saturated rings. The number of H-pyrrole nitrogens is 1. The summed E-state index contributed by atoms with van der Waals surface area (Å²) >= 11 is 0. The Balaban J connectivity index is 0.000000479. The summed E-state index contributed by atoms with van der Waals surface area (Å²) in [6, 6.07) is 11.3. The molecule has 0 atom stereocenters. The van der Waals surface area contributed by atoms with Crippen molar-refractivity contribution >= 4 is 27.0 Å². The second-order valence-corrected chi connectivity index (χ2v) is 10.8. The quantitative estimate of drug-likeness (QED) is 0.375. The molecule has 4 rings (SSSR count). The van der Waals surface area contributed by atoms with Crippen molar-refractivity contribution in [3.8, 4) is 11.1 Å². The molecule has 0 saturated carbocycles. The van der Waals surface area contributed by atoms with Crippen LogP contribution in [0.25, 0.3) is 22.2 Å². The van der Waals surface area contributed by atoms with Crippen LogP contribution in [0.2, 0.25) is 0 Å².